The van der Waals surface area contributed by atoms with Gasteiger partial charge in [0.2, 0.25) is 0 Å². The predicted octanol–water partition coefficient (Wildman–Crippen LogP) is 2.63. The zero-order valence-electron chi connectivity index (χ0n) is 8.74. The minimum atomic E-state index is -0.595. The summed E-state index contributed by atoms with van der Waals surface area (Å²) in [5.74, 6) is 0.0197. The van der Waals surface area contributed by atoms with Crippen molar-refractivity contribution in [2.45, 2.75) is 0 Å². The van der Waals surface area contributed by atoms with Crippen LogP contribution in [0.3, 0.4) is 0 Å². The molecule has 1 heterocycles. The molecule has 6 heteroatoms. The van der Waals surface area contributed by atoms with Gasteiger partial charge in [-0.05, 0) is 18.2 Å². The SMILES string of the molecule is O=[N+]([O-])c1ccc(/C=N\Nc2ccccc2)o1. The van der Waals surface area contributed by atoms with Crippen LogP contribution in [0.2, 0.25) is 0 Å². The van der Waals surface area contributed by atoms with Crippen molar-refractivity contribution in [2.75, 3.05) is 5.43 Å². The second kappa shape index (κ2) is 4.93. The van der Waals surface area contributed by atoms with E-state index in [1.807, 2.05) is 30.3 Å². The van der Waals surface area contributed by atoms with Crippen molar-refractivity contribution < 1.29 is 9.34 Å². The van der Waals surface area contributed by atoms with Crippen molar-refractivity contribution in [3.05, 3.63) is 58.3 Å². The zero-order chi connectivity index (χ0) is 12.1. The molecule has 86 valence electrons. The van der Waals surface area contributed by atoms with E-state index >= 15 is 0 Å². The first kappa shape index (κ1) is 10.9. The lowest BCUT2D eigenvalue weighted by Gasteiger charge is -1.96. The molecule has 6 nitrogen and oxygen atoms in total. The number of anilines is 1. The molecule has 1 N–H and O–H groups in total. The van der Waals surface area contributed by atoms with Crippen LogP contribution in [0.25, 0.3) is 0 Å². The van der Waals surface area contributed by atoms with Crippen LogP contribution >= 0.6 is 0 Å². The molecule has 0 aliphatic heterocycles. The lowest BCUT2D eigenvalue weighted by molar-refractivity contribution is -0.402. The Balaban J connectivity index is 1.98. The third-order valence-electron chi connectivity index (χ3n) is 1.95. The Morgan fingerprint density at radius 3 is 2.65 bits per heavy atom. The first-order valence-corrected chi connectivity index (χ1v) is 4.84. The molecular formula is C11H9N3O3. The first-order valence-electron chi connectivity index (χ1n) is 4.84. The van der Waals surface area contributed by atoms with Crippen LogP contribution in [0.4, 0.5) is 11.6 Å². The zero-order valence-corrected chi connectivity index (χ0v) is 8.74. The number of para-hydroxylation sites is 1. The van der Waals surface area contributed by atoms with Crippen LogP contribution in [-0.2, 0) is 0 Å². The molecule has 2 aromatic rings. The average Bonchev–Trinajstić information content (AvgIpc) is 2.79. The molecule has 0 amide bonds. The Bertz CT molecular complexity index is 534. The van der Waals surface area contributed by atoms with E-state index in [0.717, 1.165) is 5.69 Å². The van der Waals surface area contributed by atoms with Crippen molar-refractivity contribution in [1.82, 2.24) is 0 Å². The van der Waals surface area contributed by atoms with E-state index in [9.17, 15) is 10.1 Å². The fourth-order valence-corrected chi connectivity index (χ4v) is 1.19. The van der Waals surface area contributed by atoms with Crippen LogP contribution in [0.5, 0.6) is 0 Å². The van der Waals surface area contributed by atoms with Gasteiger partial charge in [0.25, 0.3) is 0 Å². The third kappa shape index (κ3) is 2.91. The molecule has 2 rings (SSSR count). The molecule has 0 saturated heterocycles. The third-order valence-corrected chi connectivity index (χ3v) is 1.95. The van der Waals surface area contributed by atoms with Gasteiger partial charge in [-0.3, -0.25) is 15.5 Å². The Morgan fingerprint density at radius 2 is 2.00 bits per heavy atom. The number of nitro groups is 1. The minimum Gasteiger partial charge on any atom is -0.400 e. The molecule has 0 radical (unpaired) electrons. The summed E-state index contributed by atoms with van der Waals surface area (Å²) in [6.45, 7) is 0. The monoisotopic (exact) mass is 231 g/mol. The second-order valence-electron chi connectivity index (χ2n) is 3.17. The lowest BCUT2D eigenvalue weighted by atomic mass is 10.3. The maximum absolute atomic E-state index is 10.4. The predicted molar refractivity (Wildman–Crippen MR) is 63.0 cm³/mol. The summed E-state index contributed by atoms with van der Waals surface area (Å²) in [5, 5.41) is 14.3. The van der Waals surface area contributed by atoms with E-state index < -0.39 is 4.92 Å². The summed E-state index contributed by atoms with van der Waals surface area (Å²) < 4.78 is 4.89. The Labute approximate surface area is 96.7 Å². The molecule has 0 atom stereocenters. The molecule has 0 unspecified atom stereocenters. The van der Waals surface area contributed by atoms with Gasteiger partial charge in [-0.1, -0.05) is 18.2 Å². The van der Waals surface area contributed by atoms with Crippen LogP contribution in [-0.4, -0.2) is 11.1 Å². The van der Waals surface area contributed by atoms with E-state index in [2.05, 4.69) is 10.5 Å². The highest BCUT2D eigenvalue weighted by molar-refractivity contribution is 5.77. The average molecular weight is 231 g/mol. The molecule has 0 saturated carbocycles. The van der Waals surface area contributed by atoms with Crippen LogP contribution in [0, 0.1) is 10.1 Å². The van der Waals surface area contributed by atoms with Crippen molar-refractivity contribution in [3.8, 4) is 0 Å². The number of furan rings is 1. The largest absolute Gasteiger partial charge is 0.433 e. The molecule has 0 fully saturated rings. The molecule has 1 aromatic carbocycles. The highest BCUT2D eigenvalue weighted by Crippen LogP contribution is 2.14. The standard InChI is InChI=1S/C11H9N3O3/c15-14(16)11-7-6-10(17-11)8-12-13-9-4-2-1-3-5-9/h1-8,13H/b12-8-. The van der Waals surface area contributed by atoms with Gasteiger partial charge in [-0.15, -0.1) is 0 Å². The maximum atomic E-state index is 10.4. The quantitative estimate of drug-likeness (QED) is 0.498. The molecule has 0 spiro atoms. The summed E-state index contributed by atoms with van der Waals surface area (Å²) in [6.07, 6.45) is 1.38. The van der Waals surface area contributed by atoms with Gasteiger partial charge in [0.1, 0.15) is 4.92 Å². The summed E-state index contributed by atoms with van der Waals surface area (Å²) in [7, 11) is 0. The molecule has 0 aliphatic rings. The molecule has 1 aromatic heterocycles. The number of rotatable bonds is 4. The first-order chi connectivity index (χ1) is 8.25. The van der Waals surface area contributed by atoms with Crippen molar-refractivity contribution in [2.24, 2.45) is 5.10 Å². The molecule has 17 heavy (non-hydrogen) atoms. The van der Waals surface area contributed by atoms with E-state index in [4.69, 9.17) is 4.42 Å². The maximum Gasteiger partial charge on any atom is 0.433 e. The Kier molecular flexibility index (Phi) is 3.15. The van der Waals surface area contributed by atoms with Gasteiger partial charge >= 0.3 is 5.88 Å². The lowest BCUT2D eigenvalue weighted by Crippen LogP contribution is -1.88. The fraction of sp³-hybridized carbons (Fsp3) is 0. The van der Waals surface area contributed by atoms with E-state index in [1.54, 1.807) is 0 Å². The van der Waals surface area contributed by atoms with Gasteiger partial charge in [-0.2, -0.15) is 5.10 Å². The number of benzene rings is 1. The Morgan fingerprint density at radius 1 is 1.24 bits per heavy atom. The molecule has 0 aliphatic carbocycles. The van der Waals surface area contributed by atoms with Crippen molar-refractivity contribution >= 4 is 17.8 Å². The highest BCUT2D eigenvalue weighted by atomic mass is 16.6. The molecular weight excluding hydrogens is 222 g/mol. The van der Waals surface area contributed by atoms with E-state index in [0.29, 0.717) is 5.76 Å². The second-order valence-corrected chi connectivity index (χ2v) is 3.17. The van der Waals surface area contributed by atoms with Gasteiger partial charge < -0.3 is 4.42 Å². The summed E-state index contributed by atoms with van der Waals surface area (Å²) >= 11 is 0. The van der Waals surface area contributed by atoms with E-state index in [-0.39, 0.29) is 5.88 Å². The summed E-state index contributed by atoms with van der Waals surface area (Å²) in [5.41, 5.74) is 3.60. The summed E-state index contributed by atoms with van der Waals surface area (Å²) in [4.78, 5) is 9.77. The number of nitrogens with one attached hydrogen (secondary N) is 1. The topological polar surface area (TPSA) is 80.7 Å². The van der Waals surface area contributed by atoms with Gasteiger partial charge in [0.15, 0.2) is 5.76 Å². The van der Waals surface area contributed by atoms with E-state index in [1.165, 1.54) is 18.3 Å². The number of hydrazone groups is 1. The van der Waals surface area contributed by atoms with Crippen molar-refractivity contribution in [1.29, 1.82) is 0 Å². The number of hydrogen-bond acceptors (Lipinski definition) is 5. The normalized spacial score (nSPS) is 10.6. The number of nitrogens with zero attached hydrogens (tertiary/aromatic N) is 2. The Hall–Kier alpha value is -2.63. The number of hydrogen-bond donors (Lipinski definition) is 1. The summed E-state index contributed by atoms with van der Waals surface area (Å²) in [6, 6.07) is 12.1. The van der Waals surface area contributed by atoms with Crippen LogP contribution in [0.15, 0.2) is 52.0 Å². The highest BCUT2D eigenvalue weighted by Gasteiger charge is 2.09. The fourth-order valence-electron chi connectivity index (χ4n) is 1.19. The minimum absolute atomic E-state index is 0.300. The van der Waals surface area contributed by atoms with Gasteiger partial charge in [0.05, 0.1) is 18.0 Å². The van der Waals surface area contributed by atoms with Crippen LogP contribution in [0.1, 0.15) is 5.76 Å². The van der Waals surface area contributed by atoms with Crippen LogP contribution < -0.4 is 5.43 Å². The van der Waals surface area contributed by atoms with Gasteiger partial charge in [0, 0.05) is 0 Å². The molecule has 0 bridgehead atoms. The van der Waals surface area contributed by atoms with Gasteiger partial charge in [-0.25, -0.2) is 0 Å². The smallest absolute Gasteiger partial charge is 0.400 e. The van der Waals surface area contributed by atoms with Crippen molar-refractivity contribution in [3.63, 3.8) is 0 Å².